The number of carbonyl (C=O) groups is 2. The zero-order valence-electron chi connectivity index (χ0n) is 14.4. The van der Waals surface area contributed by atoms with Crippen molar-refractivity contribution in [1.29, 1.82) is 0 Å². The molecule has 0 unspecified atom stereocenters. The highest BCUT2D eigenvalue weighted by molar-refractivity contribution is 6.18. The second-order valence-corrected chi connectivity index (χ2v) is 9.14. The second kappa shape index (κ2) is 6.51. The molecule has 1 N–H and O–H groups in total. The van der Waals surface area contributed by atoms with E-state index in [0.717, 1.165) is 62.9 Å². The Hall–Kier alpha value is -0.770. The van der Waals surface area contributed by atoms with Crippen molar-refractivity contribution < 1.29 is 9.59 Å². The lowest BCUT2D eigenvalue weighted by molar-refractivity contribution is -0.147. The van der Waals surface area contributed by atoms with Gasteiger partial charge in [-0.2, -0.15) is 0 Å². The van der Waals surface area contributed by atoms with Crippen LogP contribution in [0.4, 0.5) is 0 Å². The first kappa shape index (κ1) is 16.7. The molecule has 1 heterocycles. The lowest BCUT2D eigenvalue weighted by Gasteiger charge is -2.56. The first-order valence-corrected chi connectivity index (χ1v) is 10.3. The van der Waals surface area contributed by atoms with Gasteiger partial charge in [-0.1, -0.05) is 0 Å². The van der Waals surface area contributed by atoms with Crippen molar-refractivity contribution in [3.05, 3.63) is 0 Å². The third-order valence-corrected chi connectivity index (χ3v) is 7.20. The molecule has 5 heteroatoms. The van der Waals surface area contributed by atoms with Crippen LogP contribution in [0.2, 0.25) is 0 Å². The third-order valence-electron chi connectivity index (χ3n) is 7.01. The van der Waals surface area contributed by atoms with Crippen molar-refractivity contribution >= 4 is 23.4 Å². The van der Waals surface area contributed by atoms with Crippen LogP contribution >= 0.6 is 11.6 Å². The van der Waals surface area contributed by atoms with Crippen LogP contribution in [0, 0.1) is 23.2 Å². The molecule has 0 aromatic heterocycles. The number of hydrogen-bond donors (Lipinski definition) is 1. The summed E-state index contributed by atoms with van der Waals surface area (Å²) in [6.07, 6.45) is 9.66. The SMILES string of the molecule is O=C(CCCl)N1CCC(NC(=O)C23CC4CC(CC(C4)C2)C3)CC1. The summed E-state index contributed by atoms with van der Waals surface area (Å²) in [6.45, 7) is 1.50. The van der Waals surface area contributed by atoms with Crippen LogP contribution in [0.1, 0.15) is 57.8 Å². The Kier molecular flexibility index (Phi) is 4.53. The predicted octanol–water partition coefficient (Wildman–Crippen LogP) is 2.94. The van der Waals surface area contributed by atoms with Gasteiger partial charge >= 0.3 is 0 Å². The highest BCUT2D eigenvalue weighted by atomic mass is 35.5. The summed E-state index contributed by atoms with van der Waals surface area (Å²) in [5, 5.41) is 3.36. The van der Waals surface area contributed by atoms with E-state index in [1.54, 1.807) is 0 Å². The minimum absolute atomic E-state index is 0.0552. The van der Waals surface area contributed by atoms with Crippen LogP contribution < -0.4 is 5.32 Å². The fourth-order valence-corrected chi connectivity index (χ4v) is 6.40. The number of likely N-dealkylation sites (tertiary alicyclic amines) is 1. The Bertz CT molecular complexity index is 478. The maximum Gasteiger partial charge on any atom is 0.226 e. The maximum atomic E-state index is 13.1. The Labute approximate surface area is 149 Å². The van der Waals surface area contributed by atoms with E-state index in [1.165, 1.54) is 19.3 Å². The molecule has 4 nitrogen and oxygen atoms in total. The number of alkyl halides is 1. The maximum absolute atomic E-state index is 13.1. The number of amides is 2. The molecular weight excluding hydrogens is 324 g/mol. The summed E-state index contributed by atoms with van der Waals surface area (Å²) in [5.74, 6) is 3.27. The molecule has 5 fully saturated rings. The molecule has 0 spiro atoms. The number of nitrogens with zero attached hydrogens (tertiary/aromatic N) is 1. The number of nitrogens with one attached hydrogen (secondary N) is 1. The smallest absolute Gasteiger partial charge is 0.226 e. The van der Waals surface area contributed by atoms with Crippen LogP contribution in [-0.2, 0) is 9.59 Å². The summed E-state index contributed by atoms with van der Waals surface area (Å²) in [5.41, 5.74) is -0.0552. The zero-order valence-corrected chi connectivity index (χ0v) is 15.2. The molecule has 134 valence electrons. The molecular formula is C19H29ClN2O2. The van der Waals surface area contributed by atoms with Crippen LogP contribution in [-0.4, -0.2) is 41.7 Å². The Morgan fingerprint density at radius 3 is 2.04 bits per heavy atom. The molecule has 0 atom stereocenters. The van der Waals surface area contributed by atoms with Crippen molar-refractivity contribution in [3.63, 3.8) is 0 Å². The van der Waals surface area contributed by atoms with E-state index in [0.29, 0.717) is 18.2 Å². The summed E-state index contributed by atoms with van der Waals surface area (Å²) in [4.78, 5) is 26.9. The number of carbonyl (C=O) groups excluding carboxylic acids is 2. The number of rotatable bonds is 4. The molecule has 4 saturated carbocycles. The zero-order chi connectivity index (χ0) is 16.7. The van der Waals surface area contributed by atoms with Gasteiger partial charge in [0.2, 0.25) is 11.8 Å². The Morgan fingerprint density at radius 2 is 1.54 bits per heavy atom. The van der Waals surface area contributed by atoms with E-state index in [1.807, 2.05) is 4.90 Å². The van der Waals surface area contributed by atoms with Gasteiger partial charge in [0.15, 0.2) is 0 Å². The third kappa shape index (κ3) is 3.07. The molecule has 1 saturated heterocycles. The first-order valence-electron chi connectivity index (χ1n) is 9.73. The van der Waals surface area contributed by atoms with Crippen molar-refractivity contribution in [2.24, 2.45) is 23.2 Å². The molecule has 4 bridgehead atoms. The largest absolute Gasteiger partial charge is 0.353 e. The monoisotopic (exact) mass is 352 g/mol. The van der Waals surface area contributed by atoms with Gasteiger partial charge in [-0.05, 0) is 69.1 Å². The minimum atomic E-state index is -0.0552. The average molecular weight is 353 g/mol. The fourth-order valence-electron chi connectivity index (χ4n) is 6.24. The molecule has 5 aliphatic rings. The number of halogens is 1. The van der Waals surface area contributed by atoms with Crippen LogP contribution in [0.5, 0.6) is 0 Å². The molecule has 4 aliphatic carbocycles. The van der Waals surface area contributed by atoms with Gasteiger partial charge in [0.1, 0.15) is 0 Å². The van der Waals surface area contributed by atoms with Crippen molar-refractivity contribution in [3.8, 4) is 0 Å². The summed E-state index contributed by atoms with van der Waals surface area (Å²) < 4.78 is 0. The van der Waals surface area contributed by atoms with Gasteiger partial charge in [-0.3, -0.25) is 9.59 Å². The second-order valence-electron chi connectivity index (χ2n) is 8.77. The lowest BCUT2D eigenvalue weighted by Crippen LogP contribution is -2.56. The van der Waals surface area contributed by atoms with Crippen LogP contribution in [0.3, 0.4) is 0 Å². The van der Waals surface area contributed by atoms with E-state index in [4.69, 9.17) is 11.6 Å². The molecule has 2 amide bonds. The topological polar surface area (TPSA) is 49.4 Å². The highest BCUT2D eigenvalue weighted by Gasteiger charge is 2.54. The van der Waals surface area contributed by atoms with Gasteiger partial charge in [0.05, 0.1) is 0 Å². The van der Waals surface area contributed by atoms with E-state index >= 15 is 0 Å². The van der Waals surface area contributed by atoms with E-state index < -0.39 is 0 Å². The van der Waals surface area contributed by atoms with E-state index in [2.05, 4.69) is 5.32 Å². The van der Waals surface area contributed by atoms with Gasteiger partial charge in [-0.25, -0.2) is 0 Å². The average Bonchev–Trinajstić information content (AvgIpc) is 2.54. The normalized spacial score (nSPS) is 38.4. The quantitative estimate of drug-likeness (QED) is 0.791. The number of piperidine rings is 1. The van der Waals surface area contributed by atoms with Gasteiger partial charge in [0, 0.05) is 36.8 Å². The lowest BCUT2D eigenvalue weighted by atomic mass is 9.49. The van der Waals surface area contributed by atoms with Gasteiger partial charge in [-0.15, -0.1) is 11.6 Å². The molecule has 0 aromatic carbocycles. The minimum Gasteiger partial charge on any atom is -0.353 e. The number of hydrogen-bond acceptors (Lipinski definition) is 2. The molecule has 0 radical (unpaired) electrons. The highest BCUT2D eigenvalue weighted by Crippen LogP contribution is 2.60. The fraction of sp³-hybridized carbons (Fsp3) is 0.895. The molecule has 24 heavy (non-hydrogen) atoms. The molecule has 0 aromatic rings. The van der Waals surface area contributed by atoms with E-state index in [9.17, 15) is 9.59 Å². The Morgan fingerprint density at radius 1 is 1.00 bits per heavy atom. The predicted molar refractivity (Wildman–Crippen MR) is 93.7 cm³/mol. The summed E-state index contributed by atoms with van der Waals surface area (Å²) in [7, 11) is 0. The van der Waals surface area contributed by atoms with Gasteiger partial charge in [0.25, 0.3) is 0 Å². The Balaban J connectivity index is 1.32. The molecule has 5 rings (SSSR count). The standard InChI is InChI=1S/C19H29ClN2O2/c20-4-1-17(23)22-5-2-16(3-6-22)21-18(24)19-10-13-7-14(11-19)9-15(8-13)12-19/h13-16H,1-12H2,(H,21,24). The van der Waals surface area contributed by atoms with Crippen molar-refractivity contribution in [2.75, 3.05) is 19.0 Å². The van der Waals surface area contributed by atoms with Gasteiger partial charge < -0.3 is 10.2 Å². The first-order chi connectivity index (χ1) is 11.6. The van der Waals surface area contributed by atoms with Crippen molar-refractivity contribution in [2.45, 2.75) is 63.8 Å². The van der Waals surface area contributed by atoms with Crippen LogP contribution in [0.25, 0.3) is 0 Å². The molecule has 1 aliphatic heterocycles. The van der Waals surface area contributed by atoms with E-state index in [-0.39, 0.29) is 17.4 Å². The van der Waals surface area contributed by atoms with Crippen molar-refractivity contribution in [1.82, 2.24) is 10.2 Å². The van der Waals surface area contributed by atoms with Crippen LogP contribution in [0.15, 0.2) is 0 Å². The summed E-state index contributed by atoms with van der Waals surface area (Å²) in [6, 6.07) is 0.241. The summed E-state index contributed by atoms with van der Waals surface area (Å²) >= 11 is 5.66.